The van der Waals surface area contributed by atoms with Crippen LogP contribution in [0.25, 0.3) is 33.0 Å². The predicted octanol–water partition coefficient (Wildman–Crippen LogP) is 14.5. The van der Waals surface area contributed by atoms with Gasteiger partial charge in [-0.2, -0.15) is 0 Å². The van der Waals surface area contributed by atoms with Gasteiger partial charge in [-0.05, 0) is 131 Å². The highest BCUT2D eigenvalue weighted by Gasteiger charge is 2.38. The Morgan fingerprint density at radius 1 is 0.660 bits per heavy atom. The molecule has 6 aromatic carbocycles. The van der Waals surface area contributed by atoms with E-state index in [-0.39, 0.29) is 5.41 Å². The Balaban J connectivity index is 1.36. The van der Waals surface area contributed by atoms with E-state index in [4.69, 9.17) is 0 Å². The number of nitrogens with zero attached hydrogens (tertiary/aromatic N) is 1. The molecular formula is C49H51N. The highest BCUT2D eigenvalue weighted by atomic mass is 15.1. The van der Waals surface area contributed by atoms with Crippen molar-refractivity contribution in [2.45, 2.75) is 97.3 Å². The van der Waals surface area contributed by atoms with Gasteiger partial charge in [-0.1, -0.05) is 137 Å². The van der Waals surface area contributed by atoms with Gasteiger partial charge in [0.05, 0.1) is 5.69 Å². The van der Waals surface area contributed by atoms with Gasteiger partial charge in [0.25, 0.3) is 0 Å². The number of rotatable bonds is 7. The SMILES string of the molecule is CCC(C)c1ccccc1-c1ccc(N(c2cccc(C3CCCCC3)c2)c2cc3c(c4ccccc24)-c2ccc(C)cc2C3(C)C)cc1C. The average molecular weight is 654 g/mol. The molecule has 0 aliphatic heterocycles. The fourth-order valence-corrected chi connectivity index (χ4v) is 9.12. The maximum Gasteiger partial charge on any atom is 0.0543 e. The number of hydrogen-bond acceptors (Lipinski definition) is 1. The minimum Gasteiger partial charge on any atom is -0.310 e. The van der Waals surface area contributed by atoms with Crippen molar-refractivity contribution in [1.29, 1.82) is 0 Å². The van der Waals surface area contributed by atoms with Gasteiger partial charge < -0.3 is 4.90 Å². The van der Waals surface area contributed by atoms with Crippen LogP contribution in [0.5, 0.6) is 0 Å². The molecule has 1 unspecified atom stereocenters. The number of anilines is 3. The third-order valence-electron chi connectivity index (χ3n) is 12.1. The van der Waals surface area contributed by atoms with Gasteiger partial charge in [-0.3, -0.25) is 0 Å². The van der Waals surface area contributed by atoms with Crippen LogP contribution >= 0.6 is 0 Å². The molecule has 8 rings (SSSR count). The van der Waals surface area contributed by atoms with Crippen molar-refractivity contribution in [3.8, 4) is 22.3 Å². The summed E-state index contributed by atoms with van der Waals surface area (Å²) in [5, 5.41) is 2.63. The molecular weight excluding hydrogens is 603 g/mol. The highest BCUT2D eigenvalue weighted by Crippen LogP contribution is 2.55. The summed E-state index contributed by atoms with van der Waals surface area (Å²) in [5.41, 5.74) is 17.4. The molecule has 252 valence electrons. The van der Waals surface area contributed by atoms with Crippen LogP contribution in [0.2, 0.25) is 0 Å². The number of aryl methyl sites for hydroxylation is 2. The zero-order valence-corrected chi connectivity index (χ0v) is 30.8. The molecule has 2 aliphatic rings. The number of fused-ring (bicyclic) bond motifs is 5. The van der Waals surface area contributed by atoms with Crippen LogP contribution < -0.4 is 4.90 Å². The van der Waals surface area contributed by atoms with Gasteiger partial charge in [0, 0.05) is 22.2 Å². The molecule has 0 saturated heterocycles. The zero-order valence-electron chi connectivity index (χ0n) is 30.8. The molecule has 1 heteroatoms. The minimum atomic E-state index is -0.107. The average Bonchev–Trinajstić information content (AvgIpc) is 3.37. The third kappa shape index (κ3) is 5.47. The summed E-state index contributed by atoms with van der Waals surface area (Å²) in [6.07, 6.45) is 7.75. The molecule has 0 bridgehead atoms. The van der Waals surface area contributed by atoms with E-state index >= 15 is 0 Å². The maximum atomic E-state index is 2.57. The van der Waals surface area contributed by atoms with Gasteiger partial charge in [-0.15, -0.1) is 0 Å². The van der Waals surface area contributed by atoms with Crippen LogP contribution in [0.15, 0.2) is 115 Å². The van der Waals surface area contributed by atoms with Gasteiger partial charge in [0.2, 0.25) is 0 Å². The second-order valence-corrected chi connectivity index (χ2v) is 15.7. The van der Waals surface area contributed by atoms with Crippen LogP contribution in [0.4, 0.5) is 17.1 Å². The topological polar surface area (TPSA) is 3.24 Å². The number of benzene rings is 6. The lowest BCUT2D eigenvalue weighted by Crippen LogP contribution is -2.17. The van der Waals surface area contributed by atoms with E-state index in [0.29, 0.717) is 11.8 Å². The lowest BCUT2D eigenvalue weighted by atomic mass is 9.81. The summed E-state index contributed by atoms with van der Waals surface area (Å²) in [6.45, 7) is 14.0. The molecule has 1 atom stereocenters. The summed E-state index contributed by atoms with van der Waals surface area (Å²) < 4.78 is 0. The molecule has 0 spiro atoms. The van der Waals surface area contributed by atoms with Crippen molar-refractivity contribution < 1.29 is 0 Å². The zero-order chi connectivity index (χ0) is 34.6. The second kappa shape index (κ2) is 12.9. The van der Waals surface area contributed by atoms with E-state index in [1.165, 1.54) is 116 Å². The second-order valence-electron chi connectivity index (χ2n) is 15.7. The molecule has 1 fully saturated rings. The van der Waals surface area contributed by atoms with E-state index in [1.54, 1.807) is 0 Å². The molecule has 2 aliphatic carbocycles. The summed E-state index contributed by atoms with van der Waals surface area (Å²) in [4.78, 5) is 2.57. The Morgan fingerprint density at radius 3 is 2.16 bits per heavy atom. The normalized spacial score (nSPS) is 15.9. The van der Waals surface area contributed by atoms with Crippen molar-refractivity contribution >= 4 is 27.8 Å². The van der Waals surface area contributed by atoms with Crippen LogP contribution in [-0.2, 0) is 5.41 Å². The molecule has 1 nitrogen and oxygen atoms in total. The molecule has 0 aromatic heterocycles. The maximum absolute atomic E-state index is 2.57. The Hall–Kier alpha value is -4.62. The first kappa shape index (κ1) is 32.6. The van der Waals surface area contributed by atoms with E-state index in [1.807, 2.05) is 0 Å². The van der Waals surface area contributed by atoms with Gasteiger partial charge in [0.1, 0.15) is 0 Å². The van der Waals surface area contributed by atoms with Crippen LogP contribution in [0, 0.1) is 13.8 Å². The van der Waals surface area contributed by atoms with Gasteiger partial charge in [0.15, 0.2) is 0 Å². The predicted molar refractivity (Wildman–Crippen MR) is 216 cm³/mol. The summed E-state index contributed by atoms with van der Waals surface area (Å²) in [5.74, 6) is 1.15. The molecule has 6 aromatic rings. The molecule has 0 heterocycles. The largest absolute Gasteiger partial charge is 0.310 e. The first-order chi connectivity index (χ1) is 24.3. The summed E-state index contributed by atoms with van der Waals surface area (Å²) in [7, 11) is 0. The fourth-order valence-electron chi connectivity index (χ4n) is 9.12. The lowest BCUT2D eigenvalue weighted by Gasteiger charge is -2.31. The standard InChI is InChI=1S/C49H51N/c1-7-33(3)39-20-11-12-21-41(39)40-27-25-38(29-34(40)4)50(37-19-15-18-36(30-37)35-16-9-8-10-17-35)47-31-46-48(43-23-14-13-22-42(43)47)44-26-24-32(2)28-45(44)49(46,5)6/h11-15,18-31,33,35H,7-10,16-17H2,1-6H3. The number of hydrogen-bond donors (Lipinski definition) is 0. The van der Waals surface area contributed by atoms with Gasteiger partial charge in [-0.25, -0.2) is 0 Å². The fraction of sp³-hybridized carbons (Fsp3) is 0.306. The van der Waals surface area contributed by atoms with Crippen molar-refractivity contribution in [3.05, 3.63) is 149 Å². The quantitative estimate of drug-likeness (QED) is 0.166. The monoisotopic (exact) mass is 653 g/mol. The third-order valence-corrected chi connectivity index (χ3v) is 12.1. The van der Waals surface area contributed by atoms with Gasteiger partial charge >= 0.3 is 0 Å². The van der Waals surface area contributed by atoms with Crippen molar-refractivity contribution in [2.75, 3.05) is 4.90 Å². The smallest absolute Gasteiger partial charge is 0.0543 e. The molecule has 0 radical (unpaired) electrons. The molecule has 50 heavy (non-hydrogen) atoms. The Labute approximate surface area is 300 Å². The lowest BCUT2D eigenvalue weighted by molar-refractivity contribution is 0.443. The minimum absolute atomic E-state index is 0.107. The first-order valence-corrected chi connectivity index (χ1v) is 19.0. The van der Waals surface area contributed by atoms with E-state index in [9.17, 15) is 0 Å². The summed E-state index contributed by atoms with van der Waals surface area (Å²) >= 11 is 0. The molecule has 0 N–H and O–H groups in total. The van der Waals surface area contributed by atoms with E-state index < -0.39 is 0 Å². The highest BCUT2D eigenvalue weighted by molar-refractivity contribution is 6.10. The Kier molecular flexibility index (Phi) is 8.42. The summed E-state index contributed by atoms with van der Waals surface area (Å²) in [6, 6.07) is 44.4. The van der Waals surface area contributed by atoms with E-state index in [0.717, 1.165) is 6.42 Å². The Morgan fingerprint density at radius 2 is 1.38 bits per heavy atom. The molecule has 0 amide bonds. The first-order valence-electron chi connectivity index (χ1n) is 19.0. The van der Waals surface area contributed by atoms with Crippen molar-refractivity contribution in [2.24, 2.45) is 0 Å². The van der Waals surface area contributed by atoms with E-state index in [2.05, 4.69) is 162 Å². The van der Waals surface area contributed by atoms with Crippen molar-refractivity contribution in [1.82, 2.24) is 0 Å². The molecule has 1 saturated carbocycles. The van der Waals surface area contributed by atoms with Crippen molar-refractivity contribution in [3.63, 3.8) is 0 Å². The van der Waals surface area contributed by atoms with Crippen LogP contribution in [0.1, 0.15) is 111 Å². The van der Waals surface area contributed by atoms with Crippen LogP contribution in [0.3, 0.4) is 0 Å². The van der Waals surface area contributed by atoms with Crippen LogP contribution in [-0.4, -0.2) is 0 Å². The Bertz CT molecular complexity index is 2210.